The van der Waals surface area contributed by atoms with Crippen LogP contribution < -0.4 is 5.32 Å². The number of amides is 1. The van der Waals surface area contributed by atoms with E-state index in [0.717, 1.165) is 31.4 Å². The Morgan fingerprint density at radius 2 is 2.21 bits per heavy atom. The molecule has 1 amide bonds. The summed E-state index contributed by atoms with van der Waals surface area (Å²) in [6.07, 6.45) is 6.16. The molecule has 0 aromatic heterocycles. The molecular weight excluding hydrogens is 198 g/mol. The fourth-order valence-corrected chi connectivity index (χ4v) is 2.14. The molecule has 0 saturated heterocycles. The molecule has 1 fully saturated rings. The van der Waals surface area contributed by atoms with Gasteiger partial charge in [-0.3, -0.25) is 4.79 Å². The lowest BCUT2D eigenvalue weighted by atomic mass is 9.92. The molecule has 0 heterocycles. The molecule has 1 saturated carbocycles. The summed E-state index contributed by atoms with van der Waals surface area (Å²) in [5, 5.41) is 12.5. The second kappa shape index (κ2) is 6.30. The maximum atomic E-state index is 11.4. The predicted octanol–water partition coefficient (Wildman–Crippen LogP) is 1.16. The zero-order valence-electron chi connectivity index (χ0n) is 8.66. The molecule has 82 valence electrons. The molecule has 0 aliphatic heterocycles. The van der Waals surface area contributed by atoms with E-state index in [1.165, 1.54) is 0 Å². The molecule has 3 nitrogen and oxygen atoms in total. The minimum Gasteiger partial charge on any atom is -0.391 e. The van der Waals surface area contributed by atoms with E-state index in [9.17, 15) is 9.90 Å². The second-order valence-corrected chi connectivity index (χ2v) is 4.75. The SMILES string of the molecule is CSCCC(=O)N[C@H]1CCCC[C@@H]1O. The molecular formula is C10H19NO2S. The Balaban J connectivity index is 2.23. The highest BCUT2D eigenvalue weighted by Gasteiger charge is 2.23. The van der Waals surface area contributed by atoms with Crippen LogP contribution in [0.25, 0.3) is 0 Å². The fourth-order valence-electron chi connectivity index (χ4n) is 1.75. The Morgan fingerprint density at radius 1 is 1.50 bits per heavy atom. The van der Waals surface area contributed by atoms with Crippen LogP contribution in [0.3, 0.4) is 0 Å². The standard InChI is InChI=1S/C10H19NO2S/c1-14-7-6-10(13)11-8-4-2-3-5-9(8)12/h8-9,12H,2-7H2,1H3,(H,11,13)/t8-,9-/m0/s1. The number of aliphatic hydroxyl groups excluding tert-OH is 1. The first kappa shape index (κ1) is 11.9. The Hall–Kier alpha value is -0.220. The molecule has 0 spiro atoms. The average Bonchev–Trinajstić information content (AvgIpc) is 2.18. The van der Waals surface area contributed by atoms with Crippen LogP contribution in [0, 0.1) is 0 Å². The van der Waals surface area contributed by atoms with Crippen LogP contribution in [0.2, 0.25) is 0 Å². The van der Waals surface area contributed by atoms with Crippen molar-refractivity contribution in [3.63, 3.8) is 0 Å². The van der Waals surface area contributed by atoms with Crippen LogP contribution in [0.4, 0.5) is 0 Å². The van der Waals surface area contributed by atoms with Gasteiger partial charge in [0, 0.05) is 12.2 Å². The molecule has 0 unspecified atom stereocenters. The minimum absolute atomic E-state index is 0.00175. The van der Waals surface area contributed by atoms with Crippen LogP contribution in [0.15, 0.2) is 0 Å². The third kappa shape index (κ3) is 3.88. The van der Waals surface area contributed by atoms with E-state index in [4.69, 9.17) is 0 Å². The molecule has 1 aliphatic carbocycles. The van der Waals surface area contributed by atoms with Gasteiger partial charge in [0.2, 0.25) is 5.91 Å². The third-order valence-corrected chi connectivity index (χ3v) is 3.22. The van der Waals surface area contributed by atoms with Gasteiger partial charge in [-0.1, -0.05) is 12.8 Å². The van der Waals surface area contributed by atoms with E-state index in [1.807, 2.05) is 6.26 Å². The lowest BCUT2D eigenvalue weighted by Gasteiger charge is -2.28. The van der Waals surface area contributed by atoms with Gasteiger partial charge in [0.15, 0.2) is 0 Å². The summed E-state index contributed by atoms with van der Waals surface area (Å²) in [5.74, 6) is 0.930. The summed E-state index contributed by atoms with van der Waals surface area (Å²) in [4.78, 5) is 11.4. The van der Waals surface area contributed by atoms with E-state index < -0.39 is 0 Å². The van der Waals surface area contributed by atoms with E-state index in [-0.39, 0.29) is 18.1 Å². The lowest BCUT2D eigenvalue weighted by molar-refractivity contribution is -0.122. The largest absolute Gasteiger partial charge is 0.391 e. The van der Waals surface area contributed by atoms with Crippen molar-refractivity contribution in [2.75, 3.05) is 12.0 Å². The highest BCUT2D eigenvalue weighted by molar-refractivity contribution is 7.98. The smallest absolute Gasteiger partial charge is 0.221 e. The van der Waals surface area contributed by atoms with Crippen LogP contribution in [0.5, 0.6) is 0 Å². The van der Waals surface area contributed by atoms with E-state index >= 15 is 0 Å². The number of rotatable bonds is 4. The third-order valence-electron chi connectivity index (χ3n) is 2.61. The van der Waals surface area contributed by atoms with Crippen molar-refractivity contribution in [3.05, 3.63) is 0 Å². The van der Waals surface area contributed by atoms with Crippen molar-refractivity contribution in [1.82, 2.24) is 5.32 Å². The summed E-state index contributed by atoms with van der Waals surface area (Å²) >= 11 is 1.67. The van der Waals surface area contributed by atoms with Gasteiger partial charge in [-0.05, 0) is 19.1 Å². The van der Waals surface area contributed by atoms with Crippen molar-refractivity contribution in [1.29, 1.82) is 0 Å². The summed E-state index contributed by atoms with van der Waals surface area (Å²) in [7, 11) is 0. The van der Waals surface area contributed by atoms with E-state index in [0.29, 0.717) is 6.42 Å². The summed E-state index contributed by atoms with van der Waals surface area (Å²) in [6, 6.07) is -0.00175. The number of carbonyl (C=O) groups excluding carboxylic acids is 1. The van der Waals surface area contributed by atoms with Crippen molar-refractivity contribution >= 4 is 17.7 Å². The quantitative estimate of drug-likeness (QED) is 0.743. The molecule has 4 heteroatoms. The van der Waals surface area contributed by atoms with Gasteiger partial charge in [0.1, 0.15) is 0 Å². The van der Waals surface area contributed by atoms with Gasteiger partial charge in [-0.15, -0.1) is 0 Å². The number of hydrogen-bond donors (Lipinski definition) is 2. The number of carbonyl (C=O) groups is 1. The number of thioether (sulfide) groups is 1. The Kier molecular flexibility index (Phi) is 5.33. The minimum atomic E-state index is -0.332. The van der Waals surface area contributed by atoms with Crippen LogP contribution >= 0.6 is 11.8 Å². The van der Waals surface area contributed by atoms with Crippen molar-refractivity contribution < 1.29 is 9.90 Å². The van der Waals surface area contributed by atoms with Crippen molar-refractivity contribution in [2.24, 2.45) is 0 Å². The summed E-state index contributed by atoms with van der Waals surface area (Å²) in [6.45, 7) is 0. The Bertz CT molecular complexity index is 187. The Morgan fingerprint density at radius 3 is 2.86 bits per heavy atom. The van der Waals surface area contributed by atoms with Crippen LogP contribution in [-0.2, 0) is 4.79 Å². The van der Waals surface area contributed by atoms with Crippen molar-refractivity contribution in [3.8, 4) is 0 Å². The average molecular weight is 217 g/mol. The second-order valence-electron chi connectivity index (χ2n) is 3.77. The zero-order valence-corrected chi connectivity index (χ0v) is 9.48. The monoisotopic (exact) mass is 217 g/mol. The maximum Gasteiger partial charge on any atom is 0.221 e. The molecule has 2 atom stereocenters. The molecule has 1 aliphatic rings. The van der Waals surface area contributed by atoms with Gasteiger partial charge in [0.25, 0.3) is 0 Å². The highest BCUT2D eigenvalue weighted by atomic mass is 32.2. The van der Waals surface area contributed by atoms with Gasteiger partial charge >= 0.3 is 0 Å². The Labute approximate surface area is 89.6 Å². The lowest BCUT2D eigenvalue weighted by Crippen LogP contribution is -2.45. The van der Waals surface area contributed by atoms with Crippen LogP contribution in [0.1, 0.15) is 32.1 Å². The molecule has 2 N–H and O–H groups in total. The van der Waals surface area contributed by atoms with E-state index in [2.05, 4.69) is 5.32 Å². The molecule has 0 radical (unpaired) electrons. The molecule has 0 aromatic carbocycles. The normalized spacial score (nSPS) is 27.3. The molecule has 1 rings (SSSR count). The van der Waals surface area contributed by atoms with Gasteiger partial charge < -0.3 is 10.4 Å². The number of nitrogens with one attached hydrogen (secondary N) is 1. The molecule has 0 bridgehead atoms. The molecule has 0 aromatic rings. The van der Waals surface area contributed by atoms with Crippen molar-refractivity contribution in [2.45, 2.75) is 44.2 Å². The first-order valence-corrected chi connectivity index (χ1v) is 6.60. The predicted molar refractivity (Wildman–Crippen MR) is 59.4 cm³/mol. The fraction of sp³-hybridized carbons (Fsp3) is 0.900. The highest BCUT2D eigenvalue weighted by Crippen LogP contribution is 2.18. The zero-order chi connectivity index (χ0) is 10.4. The van der Waals surface area contributed by atoms with Gasteiger partial charge in [-0.25, -0.2) is 0 Å². The first-order chi connectivity index (χ1) is 6.74. The number of aliphatic hydroxyl groups is 1. The van der Waals surface area contributed by atoms with Gasteiger partial charge in [-0.2, -0.15) is 11.8 Å². The first-order valence-electron chi connectivity index (χ1n) is 5.20. The van der Waals surface area contributed by atoms with E-state index in [1.54, 1.807) is 11.8 Å². The number of hydrogen-bond acceptors (Lipinski definition) is 3. The topological polar surface area (TPSA) is 49.3 Å². The van der Waals surface area contributed by atoms with Crippen LogP contribution in [-0.4, -0.2) is 35.2 Å². The maximum absolute atomic E-state index is 11.4. The molecule has 14 heavy (non-hydrogen) atoms. The summed E-state index contributed by atoms with van der Waals surface area (Å²) in [5.41, 5.74) is 0. The summed E-state index contributed by atoms with van der Waals surface area (Å²) < 4.78 is 0. The van der Waals surface area contributed by atoms with Gasteiger partial charge in [0.05, 0.1) is 12.1 Å².